The normalized spacial score (nSPS) is 25.0. The molecule has 21 heavy (non-hydrogen) atoms. The zero-order valence-corrected chi connectivity index (χ0v) is 12.6. The standard InChI is InChI=1S/C17H24N2O2/c1-2-16-15(9-10-21-16)17(20)19(14-7-8-14)11-12-3-5-13(18)6-4-12/h3-6,14-16H,2,7-11,18H2,1H3. The van der Waals surface area contributed by atoms with E-state index >= 15 is 0 Å². The van der Waals surface area contributed by atoms with Crippen LogP contribution in [0.1, 0.15) is 38.2 Å². The minimum absolute atomic E-state index is 0.0457. The number of nitrogen functional groups attached to an aromatic ring is 1. The highest BCUT2D eigenvalue weighted by Crippen LogP contribution is 2.33. The van der Waals surface area contributed by atoms with Crippen LogP contribution in [0.3, 0.4) is 0 Å². The van der Waals surface area contributed by atoms with E-state index in [4.69, 9.17) is 10.5 Å². The topological polar surface area (TPSA) is 55.6 Å². The van der Waals surface area contributed by atoms with Crippen molar-refractivity contribution in [1.29, 1.82) is 0 Å². The van der Waals surface area contributed by atoms with Crippen molar-refractivity contribution in [3.8, 4) is 0 Å². The average Bonchev–Trinajstić information content (AvgIpc) is 3.22. The molecule has 114 valence electrons. The van der Waals surface area contributed by atoms with Crippen LogP contribution < -0.4 is 5.73 Å². The summed E-state index contributed by atoms with van der Waals surface area (Å²) >= 11 is 0. The summed E-state index contributed by atoms with van der Waals surface area (Å²) in [6.07, 6.45) is 4.14. The van der Waals surface area contributed by atoms with Crippen LogP contribution in [0.5, 0.6) is 0 Å². The van der Waals surface area contributed by atoms with Gasteiger partial charge >= 0.3 is 0 Å². The van der Waals surface area contributed by atoms with Gasteiger partial charge in [-0.25, -0.2) is 0 Å². The maximum atomic E-state index is 12.9. The lowest BCUT2D eigenvalue weighted by Crippen LogP contribution is -2.40. The predicted octanol–water partition coefficient (Wildman–Crippen LogP) is 2.57. The Morgan fingerprint density at radius 2 is 2.00 bits per heavy atom. The zero-order chi connectivity index (χ0) is 14.8. The Kier molecular flexibility index (Phi) is 4.15. The summed E-state index contributed by atoms with van der Waals surface area (Å²) in [5.74, 6) is 0.322. The molecule has 0 spiro atoms. The Labute approximate surface area is 126 Å². The van der Waals surface area contributed by atoms with Crippen molar-refractivity contribution in [2.24, 2.45) is 5.92 Å². The Morgan fingerprint density at radius 1 is 1.29 bits per heavy atom. The second kappa shape index (κ2) is 6.06. The van der Waals surface area contributed by atoms with Crippen molar-refractivity contribution in [3.63, 3.8) is 0 Å². The number of anilines is 1. The average molecular weight is 288 g/mol. The molecule has 2 aliphatic rings. The molecule has 4 nitrogen and oxygen atoms in total. The molecular formula is C17H24N2O2. The molecule has 1 saturated heterocycles. The molecular weight excluding hydrogens is 264 g/mol. The molecule has 2 atom stereocenters. The van der Waals surface area contributed by atoms with E-state index in [1.54, 1.807) is 0 Å². The number of hydrogen-bond donors (Lipinski definition) is 1. The fourth-order valence-corrected chi connectivity index (χ4v) is 3.14. The van der Waals surface area contributed by atoms with Crippen LogP contribution in [0.25, 0.3) is 0 Å². The Morgan fingerprint density at radius 3 is 2.62 bits per heavy atom. The maximum Gasteiger partial charge on any atom is 0.228 e. The second-order valence-electron chi connectivity index (χ2n) is 6.15. The van der Waals surface area contributed by atoms with E-state index in [0.717, 1.165) is 43.5 Å². The molecule has 1 amide bonds. The lowest BCUT2D eigenvalue weighted by atomic mass is 9.97. The van der Waals surface area contributed by atoms with Gasteiger partial charge in [0.2, 0.25) is 5.91 Å². The molecule has 1 aliphatic heterocycles. The first kappa shape index (κ1) is 14.4. The van der Waals surface area contributed by atoms with Crippen LogP contribution in [-0.2, 0) is 16.1 Å². The summed E-state index contributed by atoms with van der Waals surface area (Å²) < 4.78 is 5.69. The quantitative estimate of drug-likeness (QED) is 0.847. The van der Waals surface area contributed by atoms with Gasteiger partial charge in [-0.1, -0.05) is 19.1 Å². The smallest absolute Gasteiger partial charge is 0.228 e. The van der Waals surface area contributed by atoms with Crippen LogP contribution in [0.15, 0.2) is 24.3 Å². The van der Waals surface area contributed by atoms with Gasteiger partial charge in [0.1, 0.15) is 0 Å². The SMILES string of the molecule is CCC1OCCC1C(=O)N(Cc1ccc(N)cc1)C1CC1. The number of nitrogens with two attached hydrogens (primary N) is 1. The maximum absolute atomic E-state index is 12.9. The fourth-order valence-electron chi connectivity index (χ4n) is 3.14. The van der Waals surface area contributed by atoms with E-state index < -0.39 is 0 Å². The Bertz CT molecular complexity index is 496. The van der Waals surface area contributed by atoms with Gasteiger partial charge in [-0.2, -0.15) is 0 Å². The second-order valence-corrected chi connectivity index (χ2v) is 6.15. The molecule has 3 rings (SSSR count). The van der Waals surface area contributed by atoms with Crippen LogP contribution in [0.2, 0.25) is 0 Å². The first-order chi connectivity index (χ1) is 10.2. The molecule has 1 heterocycles. The van der Waals surface area contributed by atoms with Crippen LogP contribution >= 0.6 is 0 Å². The molecule has 1 aromatic carbocycles. The number of benzene rings is 1. The molecule has 0 aromatic heterocycles. The first-order valence-corrected chi connectivity index (χ1v) is 7.95. The highest BCUT2D eigenvalue weighted by atomic mass is 16.5. The molecule has 1 aromatic rings. The summed E-state index contributed by atoms with van der Waals surface area (Å²) in [6.45, 7) is 3.50. The van der Waals surface area contributed by atoms with Gasteiger partial charge in [0.25, 0.3) is 0 Å². The van der Waals surface area contributed by atoms with E-state index in [1.807, 2.05) is 24.3 Å². The highest BCUT2D eigenvalue weighted by molar-refractivity contribution is 5.80. The summed E-state index contributed by atoms with van der Waals surface area (Å²) in [4.78, 5) is 15.0. The van der Waals surface area contributed by atoms with Gasteiger partial charge in [-0.15, -0.1) is 0 Å². The summed E-state index contributed by atoms with van der Waals surface area (Å²) in [5, 5.41) is 0. The minimum Gasteiger partial charge on any atom is -0.399 e. The van der Waals surface area contributed by atoms with E-state index in [9.17, 15) is 4.79 Å². The predicted molar refractivity (Wildman–Crippen MR) is 82.6 cm³/mol. The minimum atomic E-state index is 0.0457. The van der Waals surface area contributed by atoms with Gasteiger partial charge in [0.15, 0.2) is 0 Å². The van der Waals surface area contributed by atoms with Gasteiger partial charge in [0.05, 0.1) is 12.0 Å². The van der Waals surface area contributed by atoms with Crippen molar-refractivity contribution >= 4 is 11.6 Å². The molecule has 2 N–H and O–H groups in total. The van der Waals surface area contributed by atoms with Crippen LogP contribution in [-0.4, -0.2) is 29.6 Å². The summed E-state index contributed by atoms with van der Waals surface area (Å²) in [5.41, 5.74) is 7.64. The Hall–Kier alpha value is -1.55. The molecule has 0 bridgehead atoms. The molecule has 1 aliphatic carbocycles. The van der Waals surface area contributed by atoms with Gasteiger partial charge in [0, 0.05) is 24.9 Å². The van der Waals surface area contributed by atoms with E-state index in [0.29, 0.717) is 12.6 Å². The molecule has 0 radical (unpaired) electrons. The number of nitrogens with zero attached hydrogens (tertiary/aromatic N) is 1. The third-order valence-corrected chi connectivity index (χ3v) is 4.53. The van der Waals surface area contributed by atoms with Crippen molar-refractivity contribution in [3.05, 3.63) is 29.8 Å². The van der Waals surface area contributed by atoms with Gasteiger partial charge < -0.3 is 15.4 Å². The number of amides is 1. The van der Waals surface area contributed by atoms with Crippen molar-refractivity contribution in [1.82, 2.24) is 4.90 Å². The molecule has 4 heteroatoms. The van der Waals surface area contributed by atoms with Crippen molar-refractivity contribution in [2.45, 2.75) is 51.3 Å². The third kappa shape index (κ3) is 3.21. The van der Waals surface area contributed by atoms with Crippen molar-refractivity contribution < 1.29 is 9.53 Å². The highest BCUT2D eigenvalue weighted by Gasteiger charge is 2.40. The fraction of sp³-hybridized carbons (Fsp3) is 0.588. The largest absolute Gasteiger partial charge is 0.399 e. The van der Waals surface area contributed by atoms with Gasteiger partial charge in [-0.05, 0) is 43.4 Å². The number of carbonyl (C=O) groups excluding carboxylic acids is 1. The lowest BCUT2D eigenvalue weighted by Gasteiger charge is -2.27. The first-order valence-electron chi connectivity index (χ1n) is 7.95. The van der Waals surface area contributed by atoms with Crippen molar-refractivity contribution in [2.75, 3.05) is 12.3 Å². The molecule has 2 unspecified atom stereocenters. The zero-order valence-electron chi connectivity index (χ0n) is 12.6. The van der Waals surface area contributed by atoms with Crippen LogP contribution in [0, 0.1) is 5.92 Å². The lowest BCUT2D eigenvalue weighted by molar-refractivity contribution is -0.138. The number of rotatable bonds is 5. The molecule has 2 fully saturated rings. The molecule has 1 saturated carbocycles. The number of ether oxygens (including phenoxy) is 1. The van der Waals surface area contributed by atoms with E-state index in [2.05, 4.69) is 11.8 Å². The Balaban J connectivity index is 1.72. The van der Waals surface area contributed by atoms with E-state index in [-0.39, 0.29) is 17.9 Å². The number of carbonyl (C=O) groups is 1. The summed E-state index contributed by atoms with van der Waals surface area (Å²) in [7, 11) is 0. The third-order valence-electron chi connectivity index (χ3n) is 4.53. The monoisotopic (exact) mass is 288 g/mol. The number of hydrogen-bond acceptors (Lipinski definition) is 3. The van der Waals surface area contributed by atoms with Crippen LogP contribution in [0.4, 0.5) is 5.69 Å². The van der Waals surface area contributed by atoms with E-state index in [1.165, 1.54) is 0 Å². The van der Waals surface area contributed by atoms with Gasteiger partial charge in [-0.3, -0.25) is 4.79 Å². The summed E-state index contributed by atoms with van der Waals surface area (Å²) in [6, 6.07) is 8.26.